The Morgan fingerprint density at radius 3 is 2.74 bits per heavy atom. The van der Waals surface area contributed by atoms with Gasteiger partial charge in [0.2, 0.25) is 5.95 Å². The van der Waals surface area contributed by atoms with E-state index in [1.807, 2.05) is 36.8 Å². The first-order valence-corrected chi connectivity index (χ1v) is 6.38. The topological polar surface area (TPSA) is 63.8 Å². The zero-order valence-electron chi connectivity index (χ0n) is 12.0. The molecule has 104 valence electrons. The van der Waals surface area contributed by atoms with E-state index < -0.39 is 0 Å². The molecule has 2 aromatic rings. The fraction of sp³-hybridized carbons (Fsp3) is 0.583. The molecule has 0 amide bonds. The zero-order chi connectivity index (χ0) is 13.8. The highest BCUT2D eigenvalue weighted by Gasteiger charge is 2.08. The summed E-state index contributed by atoms with van der Waals surface area (Å²) in [7, 11) is 6.00. The van der Waals surface area contributed by atoms with Crippen LogP contribution in [0.1, 0.15) is 18.4 Å². The monoisotopic (exact) mass is 263 g/mol. The van der Waals surface area contributed by atoms with Crippen molar-refractivity contribution in [2.24, 2.45) is 7.05 Å². The highest BCUT2D eigenvalue weighted by atomic mass is 15.3. The summed E-state index contributed by atoms with van der Waals surface area (Å²) in [6.07, 6.45) is 3.65. The summed E-state index contributed by atoms with van der Waals surface area (Å²) in [6, 6.07) is 0. The lowest BCUT2D eigenvalue weighted by molar-refractivity contribution is 0.597. The van der Waals surface area contributed by atoms with E-state index in [9.17, 15) is 0 Å². The average molecular weight is 263 g/mol. The Bertz CT molecular complexity index is 526. The lowest BCUT2D eigenvalue weighted by Crippen LogP contribution is -2.19. The van der Waals surface area contributed by atoms with Crippen molar-refractivity contribution in [1.29, 1.82) is 0 Å². The van der Waals surface area contributed by atoms with Crippen LogP contribution in [-0.4, -0.2) is 38.4 Å². The van der Waals surface area contributed by atoms with Crippen LogP contribution in [0.3, 0.4) is 0 Å². The van der Waals surface area contributed by atoms with E-state index in [4.69, 9.17) is 0 Å². The Morgan fingerprint density at radius 2 is 2.11 bits per heavy atom. The van der Waals surface area contributed by atoms with Gasteiger partial charge < -0.3 is 19.4 Å². The second-order valence-electron chi connectivity index (χ2n) is 4.64. The number of hydrogen-bond donors (Lipinski definition) is 1. The number of imidazole rings is 1. The van der Waals surface area contributed by atoms with Crippen LogP contribution >= 0.6 is 0 Å². The molecule has 0 saturated carbocycles. The normalized spacial score (nSPS) is 10.9. The SMILES string of the molecule is CCn1cnnc1CNCc1cnc(N(C)C)n1C. The Kier molecular flexibility index (Phi) is 4.16. The van der Waals surface area contributed by atoms with Crippen LogP contribution in [0.5, 0.6) is 0 Å². The van der Waals surface area contributed by atoms with Crippen LogP contribution in [0.25, 0.3) is 0 Å². The number of anilines is 1. The fourth-order valence-electron chi connectivity index (χ4n) is 2.00. The molecule has 7 nitrogen and oxygen atoms in total. The highest BCUT2D eigenvalue weighted by Crippen LogP contribution is 2.10. The van der Waals surface area contributed by atoms with Gasteiger partial charge in [-0.1, -0.05) is 0 Å². The number of rotatable bonds is 6. The molecule has 0 spiro atoms. The van der Waals surface area contributed by atoms with E-state index in [-0.39, 0.29) is 0 Å². The van der Waals surface area contributed by atoms with Gasteiger partial charge in [-0.25, -0.2) is 4.98 Å². The van der Waals surface area contributed by atoms with Gasteiger partial charge in [-0.2, -0.15) is 0 Å². The van der Waals surface area contributed by atoms with E-state index in [2.05, 4.69) is 32.0 Å². The summed E-state index contributed by atoms with van der Waals surface area (Å²) in [6.45, 7) is 4.43. The molecule has 1 N–H and O–H groups in total. The smallest absolute Gasteiger partial charge is 0.204 e. The lowest BCUT2D eigenvalue weighted by Gasteiger charge is -2.12. The Morgan fingerprint density at radius 1 is 1.32 bits per heavy atom. The van der Waals surface area contributed by atoms with E-state index in [1.165, 1.54) is 0 Å². The highest BCUT2D eigenvalue weighted by molar-refractivity contribution is 5.30. The molecule has 0 aliphatic carbocycles. The van der Waals surface area contributed by atoms with Crippen LogP contribution < -0.4 is 10.2 Å². The number of aromatic nitrogens is 5. The molecular weight excluding hydrogens is 242 g/mol. The molecule has 0 atom stereocenters. The van der Waals surface area contributed by atoms with E-state index >= 15 is 0 Å². The van der Waals surface area contributed by atoms with Crippen LogP contribution in [0, 0.1) is 0 Å². The van der Waals surface area contributed by atoms with Crippen molar-refractivity contribution in [1.82, 2.24) is 29.6 Å². The minimum Gasteiger partial charge on any atom is -0.348 e. The maximum Gasteiger partial charge on any atom is 0.204 e. The molecule has 2 aromatic heterocycles. The average Bonchev–Trinajstić information content (AvgIpc) is 2.97. The second-order valence-corrected chi connectivity index (χ2v) is 4.64. The molecule has 0 aliphatic heterocycles. The molecule has 0 radical (unpaired) electrons. The Labute approximate surface area is 113 Å². The van der Waals surface area contributed by atoms with Gasteiger partial charge in [-0.05, 0) is 6.92 Å². The molecule has 0 aromatic carbocycles. The van der Waals surface area contributed by atoms with Gasteiger partial charge in [0.1, 0.15) is 12.2 Å². The predicted octanol–water partition coefficient (Wildman–Crippen LogP) is 0.387. The Balaban J connectivity index is 1.93. The molecule has 0 fully saturated rings. The molecule has 0 saturated heterocycles. The van der Waals surface area contributed by atoms with Gasteiger partial charge in [0.15, 0.2) is 0 Å². The van der Waals surface area contributed by atoms with Crippen molar-refractivity contribution < 1.29 is 0 Å². The molecule has 7 heteroatoms. The van der Waals surface area contributed by atoms with E-state index in [0.29, 0.717) is 6.54 Å². The number of nitrogens with zero attached hydrogens (tertiary/aromatic N) is 6. The largest absolute Gasteiger partial charge is 0.348 e. The maximum absolute atomic E-state index is 4.38. The maximum atomic E-state index is 4.38. The molecule has 0 unspecified atom stereocenters. The number of hydrogen-bond acceptors (Lipinski definition) is 5. The number of nitrogens with one attached hydrogen (secondary N) is 1. The van der Waals surface area contributed by atoms with Crippen LogP contribution in [0.15, 0.2) is 12.5 Å². The summed E-state index contributed by atoms with van der Waals surface area (Å²) in [4.78, 5) is 6.38. The second kappa shape index (κ2) is 5.83. The van der Waals surface area contributed by atoms with Crippen molar-refractivity contribution in [3.63, 3.8) is 0 Å². The molecule has 2 rings (SSSR count). The first-order chi connectivity index (χ1) is 9.13. The minimum atomic E-state index is 0.705. The minimum absolute atomic E-state index is 0.705. The van der Waals surface area contributed by atoms with Crippen molar-refractivity contribution in [2.45, 2.75) is 26.6 Å². The summed E-state index contributed by atoms with van der Waals surface area (Å²) >= 11 is 0. The van der Waals surface area contributed by atoms with Gasteiger partial charge in [0.25, 0.3) is 0 Å². The number of aryl methyl sites for hydroxylation is 1. The summed E-state index contributed by atoms with van der Waals surface area (Å²) in [5, 5.41) is 11.4. The Hall–Kier alpha value is -1.89. The lowest BCUT2D eigenvalue weighted by atomic mass is 10.4. The van der Waals surface area contributed by atoms with E-state index in [1.54, 1.807) is 6.33 Å². The van der Waals surface area contributed by atoms with Gasteiger partial charge in [0, 0.05) is 34.2 Å². The third-order valence-electron chi connectivity index (χ3n) is 3.09. The van der Waals surface area contributed by atoms with Crippen molar-refractivity contribution in [3.8, 4) is 0 Å². The van der Waals surface area contributed by atoms with Crippen LogP contribution in [-0.2, 0) is 26.7 Å². The van der Waals surface area contributed by atoms with Crippen LogP contribution in [0.4, 0.5) is 5.95 Å². The predicted molar refractivity (Wildman–Crippen MR) is 73.8 cm³/mol. The van der Waals surface area contributed by atoms with Gasteiger partial charge in [-0.15, -0.1) is 10.2 Å². The van der Waals surface area contributed by atoms with Gasteiger partial charge in [-0.3, -0.25) is 0 Å². The summed E-state index contributed by atoms with van der Waals surface area (Å²) < 4.78 is 4.11. The molecule has 19 heavy (non-hydrogen) atoms. The third-order valence-corrected chi connectivity index (χ3v) is 3.09. The van der Waals surface area contributed by atoms with Gasteiger partial charge >= 0.3 is 0 Å². The third kappa shape index (κ3) is 2.93. The van der Waals surface area contributed by atoms with Gasteiger partial charge in [0.05, 0.1) is 18.4 Å². The van der Waals surface area contributed by atoms with Crippen LogP contribution in [0.2, 0.25) is 0 Å². The summed E-state index contributed by atoms with van der Waals surface area (Å²) in [5.41, 5.74) is 1.14. The quantitative estimate of drug-likeness (QED) is 0.816. The molecule has 0 bridgehead atoms. The summed E-state index contributed by atoms with van der Waals surface area (Å²) in [5.74, 6) is 1.91. The van der Waals surface area contributed by atoms with Crippen molar-refractivity contribution >= 4 is 5.95 Å². The molecule has 0 aliphatic rings. The van der Waals surface area contributed by atoms with E-state index in [0.717, 1.165) is 30.6 Å². The first-order valence-electron chi connectivity index (χ1n) is 6.38. The van der Waals surface area contributed by atoms with Crippen molar-refractivity contribution in [2.75, 3.05) is 19.0 Å². The first kappa shape index (κ1) is 13.5. The standard InChI is InChI=1S/C12H21N7/c1-5-19-9-15-16-11(19)8-13-6-10-7-14-12(17(2)3)18(10)4/h7,9,13H,5-6,8H2,1-4H3. The van der Waals surface area contributed by atoms with Crippen molar-refractivity contribution in [3.05, 3.63) is 24.0 Å². The molecule has 2 heterocycles. The molecular formula is C12H21N7. The zero-order valence-corrected chi connectivity index (χ0v) is 12.0. The fourth-order valence-corrected chi connectivity index (χ4v) is 2.00.